The van der Waals surface area contributed by atoms with Crippen molar-refractivity contribution >= 4 is 22.3 Å². The van der Waals surface area contributed by atoms with E-state index in [0.29, 0.717) is 24.0 Å². The van der Waals surface area contributed by atoms with Gasteiger partial charge in [0.15, 0.2) is 11.3 Å². The summed E-state index contributed by atoms with van der Waals surface area (Å²) in [5, 5.41) is 0. The molecule has 0 amide bonds. The molecular formula is C22H20N6O2. The number of rotatable bonds is 5. The fourth-order valence-corrected chi connectivity index (χ4v) is 3.62. The zero-order chi connectivity index (χ0) is 20.7. The molecule has 0 aliphatic rings. The van der Waals surface area contributed by atoms with E-state index < -0.39 is 0 Å². The Hall–Kier alpha value is -3.94. The lowest BCUT2D eigenvalue weighted by Crippen LogP contribution is -2.23. The van der Waals surface area contributed by atoms with E-state index >= 15 is 0 Å². The number of pyridine rings is 2. The van der Waals surface area contributed by atoms with Crippen LogP contribution in [0.3, 0.4) is 0 Å². The minimum Gasteiger partial charge on any atom is -0.425 e. The number of aromatic nitrogens is 6. The van der Waals surface area contributed by atoms with Crippen molar-refractivity contribution in [1.29, 1.82) is 0 Å². The van der Waals surface area contributed by atoms with Gasteiger partial charge in [0.2, 0.25) is 0 Å². The summed E-state index contributed by atoms with van der Waals surface area (Å²) in [5.41, 5.74) is 3.64. The highest BCUT2D eigenvalue weighted by atomic mass is 16.5. The van der Waals surface area contributed by atoms with E-state index in [0.717, 1.165) is 28.8 Å². The third-order valence-corrected chi connectivity index (χ3v) is 5.03. The summed E-state index contributed by atoms with van der Waals surface area (Å²) >= 11 is 0. The molecular weight excluding hydrogens is 380 g/mol. The van der Waals surface area contributed by atoms with Gasteiger partial charge in [-0.1, -0.05) is 6.92 Å². The molecule has 8 heteroatoms. The third-order valence-electron chi connectivity index (χ3n) is 5.03. The van der Waals surface area contributed by atoms with Crippen LogP contribution in [-0.2, 0) is 13.6 Å². The second kappa shape index (κ2) is 7.14. The van der Waals surface area contributed by atoms with Crippen molar-refractivity contribution in [2.24, 2.45) is 7.05 Å². The van der Waals surface area contributed by atoms with Crippen LogP contribution in [0.2, 0.25) is 0 Å². The molecule has 0 spiro atoms. The summed E-state index contributed by atoms with van der Waals surface area (Å²) in [5.74, 6) is 0.621. The zero-order valence-corrected chi connectivity index (χ0v) is 16.7. The van der Waals surface area contributed by atoms with Crippen molar-refractivity contribution in [2.75, 3.05) is 0 Å². The van der Waals surface area contributed by atoms with Gasteiger partial charge in [-0.25, -0.2) is 19.3 Å². The van der Waals surface area contributed by atoms with Gasteiger partial charge in [-0.05, 0) is 55.0 Å². The molecule has 0 fully saturated rings. The molecule has 0 radical (unpaired) electrons. The highest BCUT2D eigenvalue weighted by Crippen LogP contribution is 2.25. The Morgan fingerprint density at radius 1 is 0.967 bits per heavy atom. The Labute approximate surface area is 172 Å². The largest absolute Gasteiger partial charge is 0.425 e. The van der Waals surface area contributed by atoms with Crippen molar-refractivity contribution in [3.05, 3.63) is 71.4 Å². The summed E-state index contributed by atoms with van der Waals surface area (Å²) < 4.78 is 11.1. The maximum Gasteiger partial charge on any atom is 0.334 e. The normalized spacial score (nSPS) is 11.4. The third kappa shape index (κ3) is 2.85. The maximum absolute atomic E-state index is 13.0. The van der Waals surface area contributed by atoms with Gasteiger partial charge in [0.1, 0.15) is 11.3 Å². The Morgan fingerprint density at radius 3 is 2.43 bits per heavy atom. The van der Waals surface area contributed by atoms with Gasteiger partial charge in [-0.2, -0.15) is 4.98 Å². The van der Waals surface area contributed by atoms with E-state index in [9.17, 15) is 4.79 Å². The number of ether oxygens (including phenoxy) is 1. The molecule has 0 unspecified atom stereocenters. The summed E-state index contributed by atoms with van der Waals surface area (Å²) in [4.78, 5) is 26.3. The Morgan fingerprint density at radius 2 is 1.70 bits per heavy atom. The summed E-state index contributed by atoms with van der Waals surface area (Å²) in [6, 6.07) is 15.3. The first-order valence-electron chi connectivity index (χ1n) is 9.79. The first kappa shape index (κ1) is 18.1. The lowest BCUT2D eigenvalue weighted by atomic mass is 10.3. The lowest BCUT2D eigenvalue weighted by Gasteiger charge is -2.07. The first-order valence-corrected chi connectivity index (χ1v) is 9.79. The van der Waals surface area contributed by atoms with E-state index in [1.54, 1.807) is 26.1 Å². The monoisotopic (exact) mass is 400 g/mol. The molecule has 0 aliphatic carbocycles. The van der Waals surface area contributed by atoms with Gasteiger partial charge in [-0.3, -0.25) is 9.13 Å². The molecule has 0 aliphatic heterocycles. The van der Waals surface area contributed by atoms with Crippen LogP contribution in [0.1, 0.15) is 13.3 Å². The van der Waals surface area contributed by atoms with Crippen LogP contribution in [0.25, 0.3) is 28.0 Å². The molecule has 0 bridgehead atoms. The predicted octanol–water partition coefficient (Wildman–Crippen LogP) is 3.67. The number of aryl methyl sites for hydroxylation is 2. The van der Waals surface area contributed by atoms with Crippen molar-refractivity contribution in [1.82, 2.24) is 28.7 Å². The number of hydrogen-bond donors (Lipinski definition) is 0. The van der Waals surface area contributed by atoms with Gasteiger partial charge in [-0.15, -0.1) is 0 Å². The van der Waals surface area contributed by atoms with E-state index in [1.165, 1.54) is 0 Å². The summed E-state index contributed by atoms with van der Waals surface area (Å²) in [6.07, 6.45) is 4.29. The van der Waals surface area contributed by atoms with Crippen molar-refractivity contribution in [2.45, 2.75) is 19.9 Å². The Balaban J connectivity index is 1.52. The molecule has 0 saturated heterocycles. The fraction of sp³-hybridized carbons (Fsp3) is 0.182. The molecule has 4 aromatic heterocycles. The number of benzene rings is 1. The van der Waals surface area contributed by atoms with Crippen molar-refractivity contribution < 1.29 is 4.74 Å². The van der Waals surface area contributed by atoms with E-state index in [1.807, 2.05) is 55.6 Å². The molecule has 0 N–H and O–H groups in total. The van der Waals surface area contributed by atoms with Crippen LogP contribution in [0.4, 0.5) is 0 Å². The molecule has 5 aromatic rings. The summed E-state index contributed by atoms with van der Waals surface area (Å²) in [6.45, 7) is 2.70. The summed E-state index contributed by atoms with van der Waals surface area (Å²) in [7, 11) is 1.86. The topological polar surface area (TPSA) is 79.8 Å². The lowest BCUT2D eigenvalue weighted by molar-refractivity contribution is 0.427. The van der Waals surface area contributed by atoms with Crippen LogP contribution >= 0.6 is 0 Å². The fourth-order valence-electron chi connectivity index (χ4n) is 3.62. The predicted molar refractivity (Wildman–Crippen MR) is 114 cm³/mol. The van der Waals surface area contributed by atoms with Gasteiger partial charge in [0.05, 0.1) is 11.2 Å². The molecule has 5 rings (SSSR count). The van der Waals surface area contributed by atoms with Crippen LogP contribution in [0, 0.1) is 0 Å². The molecule has 8 nitrogen and oxygen atoms in total. The van der Waals surface area contributed by atoms with Crippen LogP contribution in [0.15, 0.2) is 65.7 Å². The molecule has 0 atom stereocenters. The number of imidazole rings is 2. The molecule has 30 heavy (non-hydrogen) atoms. The molecule has 0 saturated carbocycles. The van der Waals surface area contributed by atoms with Crippen LogP contribution < -0.4 is 10.4 Å². The van der Waals surface area contributed by atoms with Gasteiger partial charge >= 0.3 is 11.7 Å². The quantitative estimate of drug-likeness (QED) is 0.450. The number of nitrogens with zero attached hydrogens (tertiary/aromatic N) is 6. The van der Waals surface area contributed by atoms with E-state index in [2.05, 4.69) is 21.9 Å². The number of hydrogen-bond acceptors (Lipinski definition) is 5. The molecule has 4 heterocycles. The van der Waals surface area contributed by atoms with E-state index in [-0.39, 0.29) is 5.69 Å². The smallest absolute Gasteiger partial charge is 0.334 e. The van der Waals surface area contributed by atoms with Gasteiger partial charge in [0, 0.05) is 26.0 Å². The Bertz CT molecular complexity index is 1410. The van der Waals surface area contributed by atoms with Crippen LogP contribution in [-0.4, -0.2) is 28.7 Å². The maximum atomic E-state index is 13.0. The second-order valence-electron chi connectivity index (χ2n) is 7.01. The Kier molecular flexibility index (Phi) is 4.31. The van der Waals surface area contributed by atoms with Crippen molar-refractivity contribution in [3.8, 4) is 17.4 Å². The SMILES string of the molecule is CCCn1c(=O)n(-c2ccc(Oc3nc4cccnc4n3C)cc2)c2ncccc21. The standard InChI is InChI=1S/C22H20N6O2/c1-3-14-27-18-7-5-13-24-20(18)28(22(27)29)15-8-10-16(11-9-15)30-21-25-17-6-4-12-23-19(17)26(21)2/h4-13H,3,14H2,1-2H3. The number of fused-ring (bicyclic) bond motifs is 2. The average Bonchev–Trinajstić information content (AvgIpc) is 3.24. The highest BCUT2D eigenvalue weighted by molar-refractivity contribution is 5.74. The van der Waals surface area contributed by atoms with Crippen LogP contribution in [0.5, 0.6) is 11.8 Å². The minimum atomic E-state index is -0.0966. The van der Waals surface area contributed by atoms with Crippen molar-refractivity contribution in [3.63, 3.8) is 0 Å². The van der Waals surface area contributed by atoms with Gasteiger partial charge < -0.3 is 4.74 Å². The average molecular weight is 400 g/mol. The minimum absolute atomic E-state index is 0.0966. The van der Waals surface area contributed by atoms with E-state index in [4.69, 9.17) is 4.74 Å². The first-order chi connectivity index (χ1) is 14.7. The molecule has 1 aromatic carbocycles. The van der Waals surface area contributed by atoms with Gasteiger partial charge in [0.25, 0.3) is 0 Å². The zero-order valence-electron chi connectivity index (χ0n) is 16.7. The second-order valence-corrected chi connectivity index (χ2v) is 7.01. The molecule has 150 valence electrons. The highest BCUT2D eigenvalue weighted by Gasteiger charge is 2.15.